The molecular formula is C38H48N2O4. The average molecular weight is 597 g/mol. The van der Waals surface area contributed by atoms with Gasteiger partial charge >= 0.3 is 0 Å². The SMILES string of the molecule is COc1cc(C(C)(C)C)c(Oc2cc(C#N)c(C#N)cc2Oc2cc(C(C)(C)C)c(OC)cc2C(C)(C)C)cc1C(C)(C)C. The summed E-state index contributed by atoms with van der Waals surface area (Å²) in [5, 5.41) is 19.9. The van der Waals surface area contributed by atoms with Gasteiger partial charge in [-0.3, -0.25) is 0 Å². The summed E-state index contributed by atoms with van der Waals surface area (Å²) in [4.78, 5) is 0. The summed E-state index contributed by atoms with van der Waals surface area (Å²) in [5.74, 6) is 3.50. The Labute approximate surface area is 264 Å². The first-order valence-corrected chi connectivity index (χ1v) is 15.0. The highest BCUT2D eigenvalue weighted by Gasteiger charge is 2.30. The van der Waals surface area contributed by atoms with Crippen LogP contribution in [0.3, 0.4) is 0 Å². The first-order chi connectivity index (χ1) is 20.1. The molecule has 6 nitrogen and oxygen atoms in total. The third kappa shape index (κ3) is 7.31. The van der Waals surface area contributed by atoms with Gasteiger partial charge in [0.1, 0.15) is 35.1 Å². The summed E-state index contributed by atoms with van der Waals surface area (Å²) in [6.07, 6.45) is 0. The Bertz CT molecular complexity index is 1500. The van der Waals surface area contributed by atoms with Crippen LogP contribution in [0.25, 0.3) is 0 Å². The molecule has 0 saturated heterocycles. The van der Waals surface area contributed by atoms with Crippen molar-refractivity contribution in [3.8, 4) is 46.6 Å². The maximum atomic E-state index is 9.93. The van der Waals surface area contributed by atoms with E-state index in [0.29, 0.717) is 23.0 Å². The summed E-state index contributed by atoms with van der Waals surface area (Å²) in [6, 6.07) is 15.6. The standard InChI is InChI=1S/C38H48N2O4/c1-35(2,3)25-19-31(27(37(7,8)9)17-29(25)41-13)43-33-15-23(21-39)24(22-40)16-34(33)44-32-20-26(36(4,5)6)30(42-14)18-28(32)38(10,11)12/h15-20H,1-14H3. The highest BCUT2D eigenvalue weighted by molar-refractivity contribution is 5.61. The lowest BCUT2D eigenvalue weighted by molar-refractivity contribution is 0.378. The van der Waals surface area contributed by atoms with E-state index in [2.05, 4.69) is 95.2 Å². The second-order valence-corrected chi connectivity index (χ2v) is 15.4. The van der Waals surface area contributed by atoms with Crippen molar-refractivity contribution in [1.29, 1.82) is 10.5 Å². The van der Waals surface area contributed by atoms with Gasteiger partial charge in [0.15, 0.2) is 11.5 Å². The van der Waals surface area contributed by atoms with Crippen LogP contribution in [0.5, 0.6) is 34.5 Å². The number of hydrogen-bond acceptors (Lipinski definition) is 6. The number of nitriles is 2. The molecule has 0 N–H and O–H groups in total. The Balaban J connectivity index is 2.37. The van der Waals surface area contributed by atoms with E-state index in [1.165, 1.54) is 0 Å². The van der Waals surface area contributed by atoms with E-state index in [9.17, 15) is 10.5 Å². The van der Waals surface area contributed by atoms with Gasteiger partial charge in [-0.1, -0.05) is 83.1 Å². The van der Waals surface area contributed by atoms with Crippen LogP contribution >= 0.6 is 0 Å². The summed E-state index contributed by atoms with van der Waals surface area (Å²) in [7, 11) is 3.35. The largest absolute Gasteiger partial charge is 0.496 e. The van der Waals surface area contributed by atoms with E-state index in [0.717, 1.165) is 33.8 Å². The van der Waals surface area contributed by atoms with Crippen molar-refractivity contribution in [1.82, 2.24) is 0 Å². The Kier molecular flexibility index (Phi) is 9.43. The maximum Gasteiger partial charge on any atom is 0.171 e. The van der Waals surface area contributed by atoms with Crippen molar-refractivity contribution in [2.24, 2.45) is 0 Å². The molecule has 0 aliphatic carbocycles. The molecule has 6 heteroatoms. The first-order valence-electron chi connectivity index (χ1n) is 15.0. The quantitative estimate of drug-likeness (QED) is 0.281. The van der Waals surface area contributed by atoms with Crippen molar-refractivity contribution in [2.75, 3.05) is 14.2 Å². The monoisotopic (exact) mass is 596 g/mol. The molecule has 0 heterocycles. The highest BCUT2D eigenvalue weighted by Crippen LogP contribution is 2.47. The maximum absolute atomic E-state index is 9.93. The van der Waals surface area contributed by atoms with E-state index in [-0.39, 0.29) is 32.8 Å². The molecule has 44 heavy (non-hydrogen) atoms. The van der Waals surface area contributed by atoms with E-state index >= 15 is 0 Å². The van der Waals surface area contributed by atoms with Gasteiger partial charge < -0.3 is 18.9 Å². The molecule has 0 spiro atoms. The van der Waals surface area contributed by atoms with Gasteiger partial charge in [0.05, 0.1) is 25.3 Å². The van der Waals surface area contributed by atoms with Crippen molar-refractivity contribution in [3.05, 3.63) is 69.8 Å². The van der Waals surface area contributed by atoms with Gasteiger partial charge in [0.2, 0.25) is 0 Å². The molecule has 0 bridgehead atoms. The van der Waals surface area contributed by atoms with Gasteiger partial charge in [-0.25, -0.2) is 0 Å². The molecule has 0 aliphatic heterocycles. The second-order valence-electron chi connectivity index (χ2n) is 15.4. The molecule has 0 radical (unpaired) electrons. The predicted octanol–water partition coefficient (Wildman–Crippen LogP) is 10.2. The van der Waals surface area contributed by atoms with Crippen LogP contribution in [0.4, 0.5) is 0 Å². The minimum atomic E-state index is -0.290. The zero-order valence-corrected chi connectivity index (χ0v) is 29.0. The molecule has 3 aromatic carbocycles. The third-order valence-corrected chi connectivity index (χ3v) is 7.60. The van der Waals surface area contributed by atoms with Crippen molar-refractivity contribution < 1.29 is 18.9 Å². The van der Waals surface area contributed by atoms with Crippen LogP contribution in [0.1, 0.15) is 116 Å². The summed E-state index contributed by atoms with van der Waals surface area (Å²) in [6.45, 7) is 25.4. The van der Waals surface area contributed by atoms with Crippen LogP contribution in [-0.2, 0) is 21.7 Å². The van der Waals surface area contributed by atoms with Gasteiger partial charge in [-0.05, 0) is 45.9 Å². The minimum Gasteiger partial charge on any atom is -0.496 e. The average Bonchev–Trinajstić information content (AvgIpc) is 2.90. The molecule has 234 valence electrons. The van der Waals surface area contributed by atoms with Crippen molar-refractivity contribution >= 4 is 0 Å². The first kappa shape index (κ1) is 34.3. The fourth-order valence-electron chi connectivity index (χ4n) is 5.11. The second kappa shape index (κ2) is 12.1. The number of rotatable bonds is 6. The fourth-order valence-corrected chi connectivity index (χ4v) is 5.11. The summed E-state index contributed by atoms with van der Waals surface area (Å²) >= 11 is 0. The molecule has 0 fully saturated rings. The molecule has 0 atom stereocenters. The third-order valence-electron chi connectivity index (χ3n) is 7.60. The summed E-state index contributed by atoms with van der Waals surface area (Å²) < 4.78 is 25.1. The Morgan fingerprint density at radius 2 is 0.659 bits per heavy atom. The van der Waals surface area contributed by atoms with Gasteiger partial charge in [0, 0.05) is 34.4 Å². The molecule has 0 amide bonds. The molecular weight excluding hydrogens is 548 g/mol. The van der Waals surface area contributed by atoms with Crippen LogP contribution in [0.15, 0.2) is 36.4 Å². The van der Waals surface area contributed by atoms with E-state index < -0.39 is 0 Å². The van der Waals surface area contributed by atoms with Crippen LogP contribution in [-0.4, -0.2) is 14.2 Å². The van der Waals surface area contributed by atoms with E-state index in [1.54, 1.807) is 26.4 Å². The van der Waals surface area contributed by atoms with Gasteiger partial charge in [-0.2, -0.15) is 10.5 Å². The zero-order valence-electron chi connectivity index (χ0n) is 29.0. The van der Waals surface area contributed by atoms with Crippen molar-refractivity contribution in [3.63, 3.8) is 0 Å². The molecule has 0 aliphatic rings. The Morgan fingerprint density at radius 1 is 0.409 bits per heavy atom. The number of nitrogens with zero attached hydrogens (tertiary/aromatic N) is 2. The smallest absolute Gasteiger partial charge is 0.171 e. The number of benzene rings is 3. The normalized spacial score (nSPS) is 12.3. The number of ether oxygens (including phenoxy) is 4. The van der Waals surface area contributed by atoms with Crippen LogP contribution < -0.4 is 18.9 Å². The molecule has 3 rings (SSSR count). The molecule has 0 unspecified atom stereocenters. The fraction of sp³-hybridized carbons (Fsp3) is 0.474. The zero-order chi connectivity index (χ0) is 33.4. The lowest BCUT2D eigenvalue weighted by Crippen LogP contribution is -2.18. The Hall–Kier alpha value is -4.16. The molecule has 0 saturated carbocycles. The van der Waals surface area contributed by atoms with E-state index in [1.807, 2.05) is 24.3 Å². The number of hydrogen-bond donors (Lipinski definition) is 0. The Morgan fingerprint density at radius 3 is 0.886 bits per heavy atom. The van der Waals surface area contributed by atoms with Crippen LogP contribution in [0, 0.1) is 22.7 Å². The minimum absolute atomic E-state index is 0.206. The molecule has 3 aromatic rings. The summed E-state index contributed by atoms with van der Waals surface area (Å²) in [5.41, 5.74) is 3.22. The van der Waals surface area contributed by atoms with Gasteiger partial charge in [-0.15, -0.1) is 0 Å². The lowest BCUT2D eigenvalue weighted by atomic mass is 9.80. The lowest BCUT2D eigenvalue weighted by Gasteiger charge is -2.30. The highest BCUT2D eigenvalue weighted by atomic mass is 16.5. The van der Waals surface area contributed by atoms with E-state index in [4.69, 9.17) is 18.9 Å². The topological polar surface area (TPSA) is 84.5 Å². The number of methoxy groups -OCH3 is 2. The van der Waals surface area contributed by atoms with Crippen LogP contribution in [0.2, 0.25) is 0 Å². The van der Waals surface area contributed by atoms with Gasteiger partial charge in [0.25, 0.3) is 0 Å². The van der Waals surface area contributed by atoms with Crippen molar-refractivity contribution in [2.45, 2.75) is 105 Å². The molecule has 0 aromatic heterocycles. The predicted molar refractivity (Wildman–Crippen MR) is 177 cm³/mol.